The van der Waals surface area contributed by atoms with Gasteiger partial charge in [-0.1, -0.05) is 32.8 Å². The van der Waals surface area contributed by atoms with Gasteiger partial charge >= 0.3 is 0 Å². The van der Waals surface area contributed by atoms with Crippen molar-refractivity contribution in [1.82, 2.24) is 4.90 Å². The highest BCUT2D eigenvalue weighted by atomic mass is 19.1. The van der Waals surface area contributed by atoms with Crippen molar-refractivity contribution in [1.29, 1.82) is 0 Å². The Bertz CT molecular complexity index is 411. The summed E-state index contributed by atoms with van der Waals surface area (Å²) in [5.41, 5.74) is 7.56. The van der Waals surface area contributed by atoms with Crippen LogP contribution in [-0.2, 0) is 6.54 Å². The number of nitrogens with zero attached hydrogens (tertiary/aromatic N) is 1. The van der Waals surface area contributed by atoms with Crippen LogP contribution in [0.2, 0.25) is 0 Å². The zero-order chi connectivity index (χ0) is 13.8. The molecule has 0 aromatic heterocycles. The number of benzene rings is 1. The smallest absolute Gasteiger partial charge is 0.125 e. The summed E-state index contributed by atoms with van der Waals surface area (Å²) >= 11 is 0. The Balaban J connectivity index is 2.09. The molecule has 1 saturated carbocycles. The summed E-state index contributed by atoms with van der Waals surface area (Å²) in [6, 6.07) is 5.44. The molecule has 1 aliphatic rings. The van der Waals surface area contributed by atoms with Crippen LogP contribution in [0.25, 0.3) is 0 Å². The molecule has 0 bridgehead atoms. The predicted molar refractivity (Wildman–Crippen MR) is 78.3 cm³/mol. The molecule has 1 aromatic carbocycles. The van der Waals surface area contributed by atoms with Gasteiger partial charge in [-0.25, -0.2) is 4.39 Å². The van der Waals surface area contributed by atoms with Crippen LogP contribution in [0.4, 0.5) is 10.1 Å². The fourth-order valence-electron chi connectivity index (χ4n) is 3.01. The quantitative estimate of drug-likeness (QED) is 0.819. The monoisotopic (exact) mass is 264 g/mol. The Morgan fingerprint density at radius 3 is 2.58 bits per heavy atom. The van der Waals surface area contributed by atoms with Crippen molar-refractivity contribution in [3.63, 3.8) is 0 Å². The van der Waals surface area contributed by atoms with E-state index in [0.29, 0.717) is 17.6 Å². The molecule has 0 amide bonds. The molecule has 0 atom stereocenters. The second-order valence-electron chi connectivity index (χ2n) is 6.10. The Morgan fingerprint density at radius 2 is 2.00 bits per heavy atom. The number of hydrogen-bond acceptors (Lipinski definition) is 2. The SMILES string of the molecule is CC(C)CN(Cc1ccc(F)cc1N)C1CCCC1. The molecule has 1 aromatic rings. The molecule has 1 fully saturated rings. The van der Waals surface area contributed by atoms with Crippen molar-refractivity contribution >= 4 is 5.69 Å². The highest BCUT2D eigenvalue weighted by Gasteiger charge is 2.23. The lowest BCUT2D eigenvalue weighted by Crippen LogP contribution is -2.35. The lowest BCUT2D eigenvalue weighted by Gasteiger charge is -2.30. The van der Waals surface area contributed by atoms with E-state index in [4.69, 9.17) is 5.73 Å². The van der Waals surface area contributed by atoms with Gasteiger partial charge < -0.3 is 5.73 Å². The lowest BCUT2D eigenvalue weighted by atomic mass is 10.1. The summed E-state index contributed by atoms with van der Waals surface area (Å²) in [7, 11) is 0. The fourth-order valence-corrected chi connectivity index (χ4v) is 3.01. The van der Waals surface area contributed by atoms with E-state index in [1.807, 2.05) is 6.07 Å². The summed E-state index contributed by atoms with van der Waals surface area (Å²) < 4.78 is 13.1. The minimum absolute atomic E-state index is 0.252. The molecule has 2 nitrogen and oxygen atoms in total. The van der Waals surface area contributed by atoms with Gasteiger partial charge in [-0.3, -0.25) is 4.90 Å². The van der Waals surface area contributed by atoms with E-state index in [0.717, 1.165) is 18.7 Å². The maximum atomic E-state index is 13.1. The average Bonchev–Trinajstić information content (AvgIpc) is 2.84. The average molecular weight is 264 g/mol. The van der Waals surface area contributed by atoms with Gasteiger partial charge in [0.05, 0.1) is 0 Å². The summed E-state index contributed by atoms with van der Waals surface area (Å²) in [4.78, 5) is 2.53. The maximum absolute atomic E-state index is 13.1. The minimum atomic E-state index is -0.252. The molecule has 0 unspecified atom stereocenters. The molecule has 0 saturated heterocycles. The van der Waals surface area contributed by atoms with E-state index >= 15 is 0 Å². The number of anilines is 1. The summed E-state index contributed by atoms with van der Waals surface area (Å²) in [6.07, 6.45) is 5.23. The standard InChI is InChI=1S/C16H25FN2/c1-12(2)10-19(15-5-3-4-6-15)11-13-7-8-14(17)9-16(13)18/h7-9,12,15H,3-6,10-11,18H2,1-2H3. The number of hydrogen-bond donors (Lipinski definition) is 1. The van der Waals surface area contributed by atoms with Gasteiger partial charge in [0.25, 0.3) is 0 Å². The van der Waals surface area contributed by atoms with Crippen LogP contribution in [0.15, 0.2) is 18.2 Å². The van der Waals surface area contributed by atoms with Gasteiger partial charge in [0.1, 0.15) is 5.82 Å². The van der Waals surface area contributed by atoms with Crippen LogP contribution in [-0.4, -0.2) is 17.5 Å². The summed E-state index contributed by atoms with van der Waals surface area (Å²) in [6.45, 7) is 6.42. The molecule has 19 heavy (non-hydrogen) atoms. The molecular formula is C16H25FN2. The van der Waals surface area contributed by atoms with E-state index in [9.17, 15) is 4.39 Å². The number of nitrogens with two attached hydrogens (primary N) is 1. The molecule has 0 radical (unpaired) electrons. The molecule has 2 N–H and O–H groups in total. The Labute approximate surface area is 115 Å². The maximum Gasteiger partial charge on any atom is 0.125 e. The highest BCUT2D eigenvalue weighted by molar-refractivity contribution is 5.46. The van der Waals surface area contributed by atoms with Gasteiger partial charge in [0, 0.05) is 24.8 Å². The van der Waals surface area contributed by atoms with E-state index in [1.165, 1.54) is 37.8 Å². The van der Waals surface area contributed by atoms with Crippen LogP contribution < -0.4 is 5.73 Å². The Hall–Kier alpha value is -1.09. The van der Waals surface area contributed by atoms with Crippen molar-refractivity contribution in [3.05, 3.63) is 29.6 Å². The van der Waals surface area contributed by atoms with Gasteiger partial charge in [-0.15, -0.1) is 0 Å². The first-order chi connectivity index (χ1) is 9.06. The Morgan fingerprint density at radius 1 is 1.32 bits per heavy atom. The third-order valence-corrected chi connectivity index (χ3v) is 3.92. The predicted octanol–water partition coefficient (Wildman–Crippen LogP) is 3.81. The zero-order valence-electron chi connectivity index (χ0n) is 12.0. The van der Waals surface area contributed by atoms with Gasteiger partial charge in [-0.05, 0) is 36.5 Å². The van der Waals surface area contributed by atoms with Gasteiger partial charge in [-0.2, -0.15) is 0 Å². The van der Waals surface area contributed by atoms with Crippen molar-refractivity contribution < 1.29 is 4.39 Å². The van der Waals surface area contributed by atoms with Crippen molar-refractivity contribution in [3.8, 4) is 0 Å². The van der Waals surface area contributed by atoms with Crippen LogP contribution in [0.1, 0.15) is 45.1 Å². The van der Waals surface area contributed by atoms with Crippen molar-refractivity contribution in [2.45, 2.75) is 52.1 Å². The van der Waals surface area contributed by atoms with Gasteiger partial charge in [0.2, 0.25) is 0 Å². The largest absolute Gasteiger partial charge is 0.398 e. The van der Waals surface area contributed by atoms with Crippen molar-refractivity contribution in [2.24, 2.45) is 5.92 Å². The van der Waals surface area contributed by atoms with E-state index < -0.39 is 0 Å². The molecule has 0 aliphatic heterocycles. The Kier molecular flexibility index (Phi) is 4.81. The summed E-state index contributed by atoms with van der Waals surface area (Å²) in [5.74, 6) is 0.389. The second-order valence-corrected chi connectivity index (χ2v) is 6.10. The van der Waals surface area contributed by atoms with E-state index in [1.54, 1.807) is 0 Å². The van der Waals surface area contributed by atoms with Crippen LogP contribution in [0.5, 0.6) is 0 Å². The first kappa shape index (κ1) is 14.3. The molecule has 1 aliphatic carbocycles. The molecule has 0 heterocycles. The third-order valence-electron chi connectivity index (χ3n) is 3.92. The first-order valence-corrected chi connectivity index (χ1v) is 7.34. The van der Waals surface area contributed by atoms with Crippen LogP contribution in [0, 0.1) is 11.7 Å². The van der Waals surface area contributed by atoms with Crippen molar-refractivity contribution in [2.75, 3.05) is 12.3 Å². The first-order valence-electron chi connectivity index (χ1n) is 7.34. The van der Waals surface area contributed by atoms with Crippen LogP contribution >= 0.6 is 0 Å². The third kappa shape index (κ3) is 3.93. The van der Waals surface area contributed by atoms with Crippen LogP contribution in [0.3, 0.4) is 0 Å². The number of nitrogen functional groups attached to an aromatic ring is 1. The number of halogens is 1. The molecule has 3 heteroatoms. The molecule has 106 valence electrons. The zero-order valence-corrected chi connectivity index (χ0v) is 12.0. The van der Waals surface area contributed by atoms with E-state index in [2.05, 4.69) is 18.7 Å². The fraction of sp³-hybridized carbons (Fsp3) is 0.625. The molecular weight excluding hydrogens is 239 g/mol. The normalized spacial score (nSPS) is 16.7. The summed E-state index contributed by atoms with van der Waals surface area (Å²) in [5, 5.41) is 0. The molecule has 2 rings (SSSR count). The van der Waals surface area contributed by atoms with E-state index in [-0.39, 0.29) is 5.82 Å². The van der Waals surface area contributed by atoms with Gasteiger partial charge in [0.15, 0.2) is 0 Å². The second kappa shape index (κ2) is 6.38. The minimum Gasteiger partial charge on any atom is -0.398 e. The highest BCUT2D eigenvalue weighted by Crippen LogP contribution is 2.27. The topological polar surface area (TPSA) is 29.3 Å². The lowest BCUT2D eigenvalue weighted by molar-refractivity contribution is 0.169. The number of rotatable bonds is 5. The molecule has 0 spiro atoms.